The molecule has 0 aromatic heterocycles. The second kappa shape index (κ2) is 25.3. The molecule has 25 nitrogen and oxygen atoms in total. The van der Waals surface area contributed by atoms with Gasteiger partial charge in [0.1, 0.15) is 48.3 Å². The Kier molecular flexibility index (Phi) is 21.0. The highest BCUT2D eigenvalue weighted by atomic mass is 16.4. The summed E-state index contributed by atoms with van der Waals surface area (Å²) >= 11 is 0. The van der Waals surface area contributed by atoms with Crippen LogP contribution in [0.3, 0.4) is 0 Å². The number of benzene rings is 1. The summed E-state index contributed by atoms with van der Waals surface area (Å²) in [5.74, 6) is -12.8. The molecule has 348 valence electrons. The largest absolute Gasteiger partial charge is 0.481 e. The molecule has 0 unspecified atom stereocenters. The van der Waals surface area contributed by atoms with Crippen LogP contribution in [0, 0.1) is 5.92 Å². The molecule has 0 saturated carbocycles. The van der Waals surface area contributed by atoms with E-state index < -0.39 is 158 Å². The van der Waals surface area contributed by atoms with Crippen LogP contribution in [0.5, 0.6) is 0 Å². The monoisotopic (exact) mass is 892 g/mol. The second-order valence-corrected chi connectivity index (χ2v) is 15.0. The Morgan fingerprint density at radius 3 is 1.79 bits per heavy atom. The number of hydrogen-bond acceptors (Lipinski definition) is 14. The lowest BCUT2D eigenvalue weighted by molar-refractivity contribution is -0.147. The number of aliphatic carboxylic acids is 2. The quantitative estimate of drug-likeness (QED) is 0.0411. The van der Waals surface area contributed by atoms with Crippen molar-refractivity contribution in [1.82, 2.24) is 36.8 Å². The Hall–Kier alpha value is -6.73. The molecule has 1 aliphatic rings. The van der Waals surface area contributed by atoms with Gasteiger partial charge in [0.2, 0.25) is 53.2 Å². The molecule has 0 radical (unpaired) electrons. The Morgan fingerprint density at radius 2 is 1.25 bits per heavy atom. The standard InChI is InChI=1S/C38H56N10O15/c1-18(2)30(36(60)45-24(38(62)63)15-29(53)54)47-32(56)21(10-11-27(40)51)42-33(57)22(13-19-7-4-3-5-8-19)44-35(59)26-9-6-12-48(26)37(61)25(17-50)46-34(58)23(14-28(41)52)43-31(55)20(39)16-49/h3-5,7-8,18,20-26,30,49-50H,6,9-17,39H2,1-2H3,(H2,40,51)(H2,41,52)(H,42,57)(H,43,55)(H,44,59)(H,45,60)(H,46,58)(H,47,56)(H,53,54)(H,62,63)/t20-,21-,22-,23-,24-,25-,26-,30-/m0/s1. The second-order valence-electron chi connectivity index (χ2n) is 15.0. The third-order valence-corrected chi connectivity index (χ3v) is 9.68. The van der Waals surface area contributed by atoms with Crippen LogP contribution >= 0.6 is 0 Å². The van der Waals surface area contributed by atoms with Crippen LogP contribution in [0.4, 0.5) is 0 Å². The molecule has 1 saturated heterocycles. The summed E-state index contributed by atoms with van der Waals surface area (Å²) < 4.78 is 0. The van der Waals surface area contributed by atoms with Crippen molar-refractivity contribution in [2.75, 3.05) is 19.8 Å². The predicted molar refractivity (Wildman–Crippen MR) is 216 cm³/mol. The fraction of sp³-hybridized carbons (Fsp3) is 0.553. The van der Waals surface area contributed by atoms with E-state index in [0.717, 1.165) is 4.90 Å². The zero-order valence-electron chi connectivity index (χ0n) is 34.6. The Labute approximate surface area is 360 Å². The number of carboxylic acids is 2. The molecular weight excluding hydrogens is 836 g/mol. The Morgan fingerprint density at radius 1 is 0.683 bits per heavy atom. The number of aliphatic hydroxyl groups excluding tert-OH is 2. The van der Waals surface area contributed by atoms with Crippen molar-refractivity contribution >= 4 is 65.1 Å². The number of carboxylic acid groups (broad SMARTS) is 2. The molecule has 0 bridgehead atoms. The van der Waals surface area contributed by atoms with Crippen molar-refractivity contribution in [1.29, 1.82) is 0 Å². The van der Waals surface area contributed by atoms with E-state index in [1.807, 2.05) is 0 Å². The van der Waals surface area contributed by atoms with E-state index in [2.05, 4.69) is 31.9 Å². The lowest BCUT2D eigenvalue weighted by Crippen LogP contribution is -2.61. The number of aliphatic hydroxyl groups is 2. The number of rotatable bonds is 26. The van der Waals surface area contributed by atoms with Crippen LogP contribution in [0.25, 0.3) is 0 Å². The highest BCUT2D eigenvalue weighted by Crippen LogP contribution is 2.20. The zero-order chi connectivity index (χ0) is 47.6. The third kappa shape index (κ3) is 16.9. The van der Waals surface area contributed by atoms with Crippen molar-refractivity contribution in [3.63, 3.8) is 0 Å². The maximum Gasteiger partial charge on any atom is 0.326 e. The molecule has 1 fully saturated rings. The van der Waals surface area contributed by atoms with E-state index in [0.29, 0.717) is 5.56 Å². The fourth-order valence-corrected chi connectivity index (χ4v) is 6.31. The van der Waals surface area contributed by atoms with Gasteiger partial charge in [0.25, 0.3) is 0 Å². The Balaban J connectivity index is 2.37. The van der Waals surface area contributed by atoms with E-state index in [4.69, 9.17) is 22.3 Å². The van der Waals surface area contributed by atoms with Gasteiger partial charge < -0.3 is 74.4 Å². The topological polar surface area (TPSA) is 422 Å². The average Bonchev–Trinajstić information content (AvgIpc) is 3.72. The zero-order valence-corrected chi connectivity index (χ0v) is 34.6. The summed E-state index contributed by atoms with van der Waals surface area (Å²) in [5, 5.41) is 51.6. The maximum absolute atomic E-state index is 14.0. The highest BCUT2D eigenvalue weighted by Gasteiger charge is 2.40. The number of nitrogens with zero attached hydrogens (tertiary/aromatic N) is 1. The van der Waals surface area contributed by atoms with Crippen molar-refractivity contribution in [2.45, 2.75) is 107 Å². The number of carbonyl (C=O) groups excluding carboxylic acids is 9. The molecule has 2 rings (SSSR count). The van der Waals surface area contributed by atoms with Gasteiger partial charge in [-0.3, -0.25) is 47.9 Å². The van der Waals surface area contributed by atoms with E-state index in [-0.39, 0.29) is 25.8 Å². The first kappa shape index (κ1) is 52.4. The summed E-state index contributed by atoms with van der Waals surface area (Å²) in [4.78, 5) is 141. The smallest absolute Gasteiger partial charge is 0.326 e. The van der Waals surface area contributed by atoms with E-state index >= 15 is 0 Å². The number of nitrogens with two attached hydrogens (primary N) is 3. The van der Waals surface area contributed by atoms with E-state index in [1.165, 1.54) is 13.8 Å². The first-order chi connectivity index (χ1) is 29.6. The van der Waals surface area contributed by atoms with Crippen LogP contribution in [-0.4, -0.2) is 159 Å². The van der Waals surface area contributed by atoms with Gasteiger partial charge in [-0.15, -0.1) is 0 Å². The van der Waals surface area contributed by atoms with Gasteiger partial charge in [-0.05, 0) is 30.7 Å². The van der Waals surface area contributed by atoms with E-state index in [9.17, 15) is 68.1 Å². The van der Waals surface area contributed by atoms with Gasteiger partial charge in [-0.1, -0.05) is 44.2 Å². The molecule has 25 heteroatoms. The number of nitrogens with one attached hydrogen (secondary N) is 6. The summed E-state index contributed by atoms with van der Waals surface area (Å²) in [6, 6.07) is -4.20. The molecule has 63 heavy (non-hydrogen) atoms. The number of likely N-dealkylation sites (tertiary alicyclic amines) is 1. The highest BCUT2D eigenvalue weighted by molar-refractivity contribution is 5.99. The van der Waals surface area contributed by atoms with Gasteiger partial charge in [0.15, 0.2) is 0 Å². The minimum atomic E-state index is -1.85. The summed E-state index contributed by atoms with van der Waals surface area (Å²) in [5.41, 5.74) is 16.5. The average molecular weight is 893 g/mol. The fourth-order valence-electron chi connectivity index (χ4n) is 6.31. The van der Waals surface area contributed by atoms with Gasteiger partial charge >= 0.3 is 11.9 Å². The molecule has 1 aromatic rings. The van der Waals surface area contributed by atoms with Crippen molar-refractivity contribution in [3.05, 3.63) is 35.9 Å². The molecule has 0 spiro atoms. The number of hydrogen-bond donors (Lipinski definition) is 13. The number of carbonyl (C=O) groups is 11. The summed E-state index contributed by atoms with van der Waals surface area (Å²) in [6.45, 7) is 1.13. The summed E-state index contributed by atoms with van der Waals surface area (Å²) in [6.07, 6.45) is -2.43. The van der Waals surface area contributed by atoms with Gasteiger partial charge in [-0.25, -0.2) is 4.79 Å². The van der Waals surface area contributed by atoms with Gasteiger partial charge in [-0.2, -0.15) is 0 Å². The molecule has 1 aliphatic heterocycles. The van der Waals surface area contributed by atoms with Crippen LogP contribution < -0.4 is 49.1 Å². The first-order valence-electron chi connectivity index (χ1n) is 19.7. The normalized spacial score (nSPS) is 16.7. The minimum Gasteiger partial charge on any atom is -0.481 e. The first-order valence-corrected chi connectivity index (χ1v) is 19.7. The van der Waals surface area contributed by atoms with Crippen LogP contribution in [0.1, 0.15) is 57.9 Å². The van der Waals surface area contributed by atoms with Crippen LogP contribution in [0.15, 0.2) is 30.3 Å². The molecule has 1 aromatic carbocycles. The molecular formula is C38H56N10O15. The lowest BCUT2D eigenvalue weighted by Gasteiger charge is -2.30. The molecule has 9 amide bonds. The summed E-state index contributed by atoms with van der Waals surface area (Å²) in [7, 11) is 0. The van der Waals surface area contributed by atoms with Gasteiger partial charge in [0, 0.05) is 19.4 Å². The molecule has 0 aliphatic carbocycles. The van der Waals surface area contributed by atoms with Crippen molar-refractivity contribution in [3.8, 4) is 0 Å². The third-order valence-electron chi connectivity index (χ3n) is 9.68. The molecule has 8 atom stereocenters. The van der Waals surface area contributed by atoms with Crippen LogP contribution in [-0.2, 0) is 59.2 Å². The predicted octanol–water partition coefficient (Wildman–Crippen LogP) is -6.20. The SMILES string of the molecule is CC(C)[C@H](NC(=O)[C@H](CCC(N)=O)NC(=O)[C@H](Cc1ccccc1)NC(=O)[C@@H]1CCCN1C(=O)[C@H](CO)NC(=O)[C@H](CC(N)=O)NC(=O)[C@@H](N)CO)C(=O)N[C@@H](CC(=O)O)C(=O)O. The van der Waals surface area contributed by atoms with Gasteiger partial charge in [0.05, 0.1) is 26.1 Å². The van der Waals surface area contributed by atoms with Crippen molar-refractivity contribution < 1.29 is 73.2 Å². The lowest BCUT2D eigenvalue weighted by atomic mass is 10.0. The number of primary amides is 2. The maximum atomic E-state index is 14.0. The van der Waals surface area contributed by atoms with Crippen molar-refractivity contribution in [2.24, 2.45) is 23.1 Å². The number of amides is 9. The molecule has 16 N–H and O–H groups in total. The minimum absolute atomic E-state index is 0.0465. The molecule has 1 heterocycles. The van der Waals surface area contributed by atoms with E-state index in [1.54, 1.807) is 30.3 Å². The van der Waals surface area contributed by atoms with Crippen LogP contribution in [0.2, 0.25) is 0 Å². The Bertz CT molecular complexity index is 1850.